The van der Waals surface area contributed by atoms with E-state index in [4.69, 9.17) is 38.8 Å². The van der Waals surface area contributed by atoms with Crippen LogP contribution < -0.4 is 9.47 Å². The Morgan fingerprint density at radius 1 is 0.204 bits per heavy atom. The highest BCUT2D eigenvalue weighted by Crippen LogP contribution is 2.65. The molecule has 113 heavy (non-hydrogen) atoms. The van der Waals surface area contributed by atoms with Gasteiger partial charge in [0, 0.05) is 72.6 Å². The lowest BCUT2D eigenvalue weighted by Crippen LogP contribution is -2.32. The predicted octanol–water partition coefficient (Wildman–Crippen LogP) is 26.2. The molecule has 0 N–H and O–H groups in total. The fraction of sp³-hybridized carbons (Fsp3) is 0.0190. The van der Waals surface area contributed by atoms with Gasteiger partial charge in [-0.15, -0.1) is 0 Å². The minimum Gasteiger partial charge on any atom is -0.457 e. The third-order valence-corrected chi connectivity index (χ3v) is 23.6. The van der Waals surface area contributed by atoms with Crippen molar-refractivity contribution in [2.75, 3.05) is 0 Å². The third-order valence-electron chi connectivity index (χ3n) is 23.6. The van der Waals surface area contributed by atoms with E-state index < -0.39 is 10.8 Å². The first-order chi connectivity index (χ1) is 55.9. The van der Waals surface area contributed by atoms with Crippen LogP contribution >= 0.6 is 0 Å². The molecule has 19 aromatic rings. The number of benzene rings is 15. The van der Waals surface area contributed by atoms with Gasteiger partial charge in [0.05, 0.1) is 39.3 Å². The molecule has 15 aromatic carbocycles. The van der Waals surface area contributed by atoms with Gasteiger partial charge in [0.2, 0.25) is 0 Å². The van der Waals surface area contributed by atoms with Crippen molar-refractivity contribution in [2.24, 2.45) is 0 Å². The number of pyridine rings is 1. The average molecular weight is 1440 g/mol. The summed E-state index contributed by atoms with van der Waals surface area (Å²) in [4.78, 5) is 25.8. The molecule has 23 rings (SSSR count). The molecule has 0 saturated heterocycles. The summed E-state index contributed by atoms with van der Waals surface area (Å²) in [6.07, 6.45) is 1.81. The van der Waals surface area contributed by atoms with Gasteiger partial charge in [0.15, 0.2) is 11.6 Å². The molecule has 2 aliphatic heterocycles. The van der Waals surface area contributed by atoms with Crippen LogP contribution in [0.4, 0.5) is 0 Å². The van der Waals surface area contributed by atoms with Crippen molar-refractivity contribution in [2.45, 2.75) is 10.8 Å². The smallest absolute Gasteiger partial charge is 0.160 e. The number of ether oxygens (including phenoxy) is 2. The second-order valence-electron chi connectivity index (χ2n) is 29.6. The van der Waals surface area contributed by atoms with E-state index >= 15 is 0 Å². The van der Waals surface area contributed by atoms with Gasteiger partial charge in [0.1, 0.15) is 34.2 Å². The molecule has 2 aliphatic carbocycles. The highest BCUT2D eigenvalue weighted by atomic mass is 16.5. The number of para-hydroxylation sites is 3. The highest BCUT2D eigenvalue weighted by Gasteiger charge is 2.53. The van der Waals surface area contributed by atoms with E-state index in [-0.39, 0.29) is 0 Å². The van der Waals surface area contributed by atoms with Gasteiger partial charge in [0.25, 0.3) is 0 Å². The van der Waals surface area contributed by atoms with Gasteiger partial charge >= 0.3 is 0 Å². The molecule has 0 amide bonds. The van der Waals surface area contributed by atoms with Crippen molar-refractivity contribution < 1.29 is 13.9 Å². The maximum Gasteiger partial charge on any atom is 0.160 e. The van der Waals surface area contributed by atoms with Crippen molar-refractivity contribution in [3.05, 3.63) is 427 Å². The van der Waals surface area contributed by atoms with Gasteiger partial charge in [-0.1, -0.05) is 322 Å². The van der Waals surface area contributed by atoms with Crippen LogP contribution in [0.15, 0.2) is 387 Å². The first-order valence-electron chi connectivity index (χ1n) is 38.3. The second kappa shape index (κ2) is 25.3. The highest BCUT2D eigenvalue weighted by molar-refractivity contribution is 6.09. The number of nitrogens with zero attached hydrogens (tertiary/aromatic N) is 5. The Hall–Kier alpha value is -15.0. The van der Waals surface area contributed by atoms with Crippen LogP contribution in [0.5, 0.6) is 23.0 Å². The lowest BCUT2D eigenvalue weighted by atomic mass is 9.65. The molecule has 0 atom stereocenters. The number of fused-ring (bicyclic) bond motifs is 21. The van der Waals surface area contributed by atoms with Gasteiger partial charge < -0.3 is 13.9 Å². The fourth-order valence-electron chi connectivity index (χ4n) is 18.4. The molecule has 0 radical (unpaired) electrons. The van der Waals surface area contributed by atoms with Crippen molar-refractivity contribution >= 4 is 21.9 Å². The van der Waals surface area contributed by atoms with Crippen LogP contribution in [0.25, 0.3) is 157 Å². The van der Waals surface area contributed by atoms with E-state index in [2.05, 4.69) is 322 Å². The van der Waals surface area contributed by atoms with E-state index in [9.17, 15) is 0 Å². The molecule has 6 heterocycles. The van der Waals surface area contributed by atoms with Crippen molar-refractivity contribution in [1.82, 2.24) is 24.9 Å². The monoisotopic (exact) mass is 1440 g/mol. The first kappa shape index (κ1) is 64.0. The van der Waals surface area contributed by atoms with E-state index in [1.807, 2.05) is 60.8 Å². The largest absolute Gasteiger partial charge is 0.457 e. The molecular weight excluding hydrogens is 1380 g/mol. The molecule has 0 bridgehead atoms. The zero-order valence-electron chi connectivity index (χ0n) is 60.8. The summed E-state index contributed by atoms with van der Waals surface area (Å²) in [7, 11) is 0. The normalized spacial score (nSPS) is 13.2. The number of furan rings is 1. The zero-order valence-corrected chi connectivity index (χ0v) is 60.8. The zero-order chi connectivity index (χ0) is 74.3. The van der Waals surface area contributed by atoms with Crippen molar-refractivity contribution in [1.29, 1.82) is 0 Å². The third kappa shape index (κ3) is 9.99. The van der Waals surface area contributed by atoms with Crippen LogP contribution in [0.1, 0.15) is 44.5 Å². The molecule has 8 nitrogen and oxygen atoms in total. The average Bonchev–Trinajstić information content (AvgIpc) is 1.55. The Morgan fingerprint density at radius 2 is 0.558 bits per heavy atom. The molecule has 0 fully saturated rings. The maximum atomic E-state index is 7.34. The molecule has 0 saturated carbocycles. The van der Waals surface area contributed by atoms with Crippen LogP contribution in [0, 0.1) is 0 Å². The Morgan fingerprint density at radius 3 is 1.05 bits per heavy atom. The van der Waals surface area contributed by atoms with E-state index in [0.29, 0.717) is 11.6 Å². The molecule has 0 unspecified atom stereocenters. The van der Waals surface area contributed by atoms with Crippen molar-refractivity contribution in [3.8, 4) is 158 Å². The quantitative estimate of drug-likeness (QED) is 0.134. The Bertz CT molecular complexity index is 7000. The summed E-state index contributed by atoms with van der Waals surface area (Å²) in [5.41, 5.74) is 32.0. The van der Waals surface area contributed by atoms with Crippen LogP contribution in [-0.4, -0.2) is 24.9 Å². The van der Waals surface area contributed by atoms with Gasteiger partial charge in [-0.2, -0.15) is 0 Å². The Balaban J connectivity index is 0.564. The van der Waals surface area contributed by atoms with E-state index in [1.54, 1.807) is 0 Å². The van der Waals surface area contributed by atoms with Crippen LogP contribution in [0.2, 0.25) is 0 Å². The summed E-state index contributed by atoms with van der Waals surface area (Å²) in [5.74, 6) is 4.57. The number of hydrogen-bond donors (Lipinski definition) is 0. The SMILES string of the molecule is c1ccc(-c2nc(-c3ccc(-c4ccc5c(c4)Oc4cc(-c6ccc(-c7nc(-c8ccc(-c9ccc%10c(c9)Oc9ccccc9C%109c%10ccccc%10-c%10ccccc%109)cc8)cc(-c8ccccn8)n7)cc6)ccc4C54c5ccccc5-c5ccccc54)cc3)cc(-c3ccc(-c4cccc5c4oc4ccccc45)cc3)n2)cc1. The summed E-state index contributed by atoms with van der Waals surface area (Å²) >= 11 is 0. The predicted molar refractivity (Wildman–Crippen MR) is 452 cm³/mol. The Labute approximate surface area is 652 Å². The summed E-state index contributed by atoms with van der Waals surface area (Å²) in [6.45, 7) is 0. The lowest BCUT2D eigenvalue weighted by molar-refractivity contribution is 0.436. The number of rotatable bonds is 10. The minimum absolute atomic E-state index is 0.525. The topological polar surface area (TPSA) is 96.1 Å². The van der Waals surface area contributed by atoms with E-state index in [0.717, 1.165) is 168 Å². The fourth-order valence-corrected chi connectivity index (χ4v) is 18.4. The first-order valence-corrected chi connectivity index (χ1v) is 38.3. The van der Waals surface area contributed by atoms with Crippen LogP contribution in [-0.2, 0) is 10.8 Å². The summed E-state index contributed by atoms with van der Waals surface area (Å²) in [6, 6.07) is 134. The van der Waals surface area contributed by atoms with Crippen LogP contribution in [0.3, 0.4) is 0 Å². The standard InChI is InChI=1S/C105H63N5O3/c1-2-19-71(20-3-1)102-107-92(62-93(108-102)70-48-42-67(43-49-70)76-26-18-27-82-81-25-8-14-34-96(81)113-101(76)82)68-44-36-65(37-45-68)74-53-56-89-99(60-74)112-100-61-75(54-57-90(100)105(89)85-30-11-6-23-79(85)80-24-7-12-31-86(80)105)66-40-50-72(51-41-66)103-109-94(63-95(110-103)91-33-16-17-58-106-91)69-46-38-64(39-47-69)73-52-55-88-98(59-73)111-97-35-15-13-32-87(97)104(88)83-28-9-4-21-77(83)78-22-5-10-29-84(78)104/h1-63H. The van der Waals surface area contributed by atoms with Gasteiger partial charge in [-0.25, -0.2) is 19.9 Å². The summed E-state index contributed by atoms with van der Waals surface area (Å²) in [5, 5.41) is 2.21. The lowest BCUT2D eigenvalue weighted by Gasteiger charge is -2.39. The molecule has 2 spiro atoms. The maximum absolute atomic E-state index is 7.34. The molecule has 4 aliphatic rings. The van der Waals surface area contributed by atoms with Crippen molar-refractivity contribution in [3.63, 3.8) is 0 Å². The van der Waals surface area contributed by atoms with Gasteiger partial charge in [-0.3, -0.25) is 4.98 Å². The number of hydrogen-bond acceptors (Lipinski definition) is 8. The second-order valence-corrected chi connectivity index (χ2v) is 29.6. The number of aromatic nitrogens is 5. The molecule has 4 aromatic heterocycles. The van der Waals surface area contributed by atoms with E-state index in [1.165, 1.54) is 44.5 Å². The summed E-state index contributed by atoms with van der Waals surface area (Å²) < 4.78 is 20.7. The minimum atomic E-state index is -0.663. The Kier molecular flexibility index (Phi) is 14.3. The van der Waals surface area contributed by atoms with Gasteiger partial charge in [-0.05, 0) is 138 Å². The molecular formula is C105H63N5O3. The molecule has 8 heteroatoms. The molecule has 526 valence electrons.